The average Bonchev–Trinajstić information content (AvgIpc) is 2.73. The standard InChI is InChI=1S/C14H18N2/c1-12-5-7-16(11-12)8-6-13-3-2-4-14(9-13)10-15/h2-4,9,12H,5-8,11H2,1H3/t12-/m1/s1. The van der Waals surface area contributed by atoms with E-state index in [1.165, 1.54) is 25.1 Å². The molecule has 1 aliphatic rings. The second-order valence-corrected chi connectivity index (χ2v) is 4.76. The van der Waals surface area contributed by atoms with Crippen molar-refractivity contribution >= 4 is 0 Å². The number of nitriles is 1. The first kappa shape index (κ1) is 11.2. The summed E-state index contributed by atoms with van der Waals surface area (Å²) in [6.07, 6.45) is 2.39. The number of rotatable bonds is 3. The van der Waals surface area contributed by atoms with Gasteiger partial charge in [0.05, 0.1) is 11.6 Å². The lowest BCUT2D eigenvalue weighted by Crippen LogP contribution is -2.23. The minimum absolute atomic E-state index is 0.771. The fraction of sp³-hybridized carbons (Fsp3) is 0.500. The van der Waals surface area contributed by atoms with Gasteiger partial charge in [-0.2, -0.15) is 5.26 Å². The van der Waals surface area contributed by atoms with Crippen LogP contribution in [0.4, 0.5) is 0 Å². The van der Waals surface area contributed by atoms with Crippen molar-refractivity contribution in [2.45, 2.75) is 19.8 Å². The molecule has 2 nitrogen and oxygen atoms in total. The lowest BCUT2D eigenvalue weighted by Gasteiger charge is -2.14. The molecule has 1 atom stereocenters. The van der Waals surface area contributed by atoms with Crippen LogP contribution in [0.15, 0.2) is 24.3 Å². The Balaban J connectivity index is 1.87. The Kier molecular flexibility index (Phi) is 3.58. The minimum atomic E-state index is 0.771. The fourth-order valence-electron chi connectivity index (χ4n) is 2.31. The van der Waals surface area contributed by atoms with Crippen LogP contribution in [0, 0.1) is 17.2 Å². The van der Waals surface area contributed by atoms with E-state index < -0.39 is 0 Å². The predicted octanol–water partition coefficient (Wildman–Crippen LogP) is 2.44. The van der Waals surface area contributed by atoms with E-state index in [0.717, 1.165) is 24.4 Å². The molecule has 1 aliphatic heterocycles. The molecule has 0 aliphatic carbocycles. The summed E-state index contributed by atoms with van der Waals surface area (Å²) in [5.74, 6) is 0.852. The first-order valence-electron chi connectivity index (χ1n) is 5.99. The summed E-state index contributed by atoms with van der Waals surface area (Å²) >= 11 is 0. The maximum atomic E-state index is 8.82. The van der Waals surface area contributed by atoms with E-state index in [-0.39, 0.29) is 0 Å². The fourth-order valence-corrected chi connectivity index (χ4v) is 2.31. The summed E-state index contributed by atoms with van der Waals surface area (Å²) in [7, 11) is 0. The molecule has 16 heavy (non-hydrogen) atoms. The zero-order valence-electron chi connectivity index (χ0n) is 9.82. The summed E-state index contributed by atoms with van der Waals surface area (Å²) in [4.78, 5) is 2.52. The van der Waals surface area contributed by atoms with Gasteiger partial charge in [-0.05, 0) is 43.0 Å². The Morgan fingerprint density at radius 3 is 3.06 bits per heavy atom. The lowest BCUT2D eigenvalue weighted by atomic mass is 10.1. The van der Waals surface area contributed by atoms with Crippen LogP contribution in [0.3, 0.4) is 0 Å². The van der Waals surface area contributed by atoms with Crippen LogP contribution >= 0.6 is 0 Å². The summed E-state index contributed by atoms with van der Waals surface area (Å²) < 4.78 is 0. The molecule has 0 saturated carbocycles. The smallest absolute Gasteiger partial charge is 0.0991 e. The second-order valence-electron chi connectivity index (χ2n) is 4.76. The van der Waals surface area contributed by atoms with E-state index in [9.17, 15) is 0 Å². The van der Waals surface area contributed by atoms with Gasteiger partial charge in [0, 0.05) is 13.1 Å². The highest BCUT2D eigenvalue weighted by atomic mass is 15.1. The van der Waals surface area contributed by atoms with Crippen LogP contribution < -0.4 is 0 Å². The normalized spacial score (nSPS) is 20.9. The highest BCUT2D eigenvalue weighted by Crippen LogP contribution is 2.15. The van der Waals surface area contributed by atoms with Gasteiger partial charge in [-0.25, -0.2) is 0 Å². The van der Waals surface area contributed by atoms with Crippen LogP contribution in [0.5, 0.6) is 0 Å². The number of nitrogens with zero attached hydrogens (tertiary/aromatic N) is 2. The molecule has 2 rings (SSSR count). The molecule has 0 amide bonds. The molecular formula is C14H18N2. The van der Waals surface area contributed by atoms with Crippen LogP contribution in [-0.4, -0.2) is 24.5 Å². The van der Waals surface area contributed by atoms with Gasteiger partial charge in [0.2, 0.25) is 0 Å². The van der Waals surface area contributed by atoms with Gasteiger partial charge in [0.1, 0.15) is 0 Å². The van der Waals surface area contributed by atoms with Crippen LogP contribution in [-0.2, 0) is 6.42 Å². The van der Waals surface area contributed by atoms with E-state index in [0.29, 0.717) is 0 Å². The maximum Gasteiger partial charge on any atom is 0.0991 e. The van der Waals surface area contributed by atoms with E-state index in [1.54, 1.807) is 0 Å². The van der Waals surface area contributed by atoms with E-state index in [4.69, 9.17) is 5.26 Å². The lowest BCUT2D eigenvalue weighted by molar-refractivity contribution is 0.332. The van der Waals surface area contributed by atoms with Crippen LogP contribution in [0.25, 0.3) is 0 Å². The van der Waals surface area contributed by atoms with Gasteiger partial charge in [-0.1, -0.05) is 19.1 Å². The number of hydrogen-bond acceptors (Lipinski definition) is 2. The Bertz CT molecular complexity index is 392. The SMILES string of the molecule is C[C@@H]1CCN(CCc2cccc(C#N)c2)C1. The van der Waals surface area contributed by atoms with Gasteiger partial charge in [0.15, 0.2) is 0 Å². The van der Waals surface area contributed by atoms with E-state index in [2.05, 4.69) is 24.0 Å². The predicted molar refractivity (Wildman–Crippen MR) is 65.1 cm³/mol. The third-order valence-electron chi connectivity index (χ3n) is 3.28. The molecule has 0 N–H and O–H groups in total. The van der Waals surface area contributed by atoms with Crippen molar-refractivity contribution in [1.82, 2.24) is 4.90 Å². The van der Waals surface area contributed by atoms with Gasteiger partial charge >= 0.3 is 0 Å². The molecule has 0 bridgehead atoms. The van der Waals surface area contributed by atoms with E-state index >= 15 is 0 Å². The summed E-state index contributed by atoms with van der Waals surface area (Å²) in [5.41, 5.74) is 2.05. The zero-order valence-corrected chi connectivity index (χ0v) is 9.82. The van der Waals surface area contributed by atoms with Gasteiger partial charge in [0.25, 0.3) is 0 Å². The van der Waals surface area contributed by atoms with Crippen LogP contribution in [0.1, 0.15) is 24.5 Å². The summed E-state index contributed by atoms with van der Waals surface area (Å²) in [6.45, 7) is 5.91. The van der Waals surface area contributed by atoms with Crippen LogP contribution in [0.2, 0.25) is 0 Å². The Hall–Kier alpha value is -1.33. The number of benzene rings is 1. The van der Waals surface area contributed by atoms with Crippen molar-refractivity contribution in [3.05, 3.63) is 35.4 Å². The maximum absolute atomic E-state index is 8.82. The van der Waals surface area contributed by atoms with Gasteiger partial charge in [-0.3, -0.25) is 0 Å². The first-order chi connectivity index (χ1) is 7.78. The number of hydrogen-bond donors (Lipinski definition) is 0. The zero-order chi connectivity index (χ0) is 11.4. The van der Waals surface area contributed by atoms with Crippen molar-refractivity contribution in [1.29, 1.82) is 5.26 Å². The Morgan fingerprint density at radius 1 is 1.50 bits per heavy atom. The van der Waals surface area contributed by atoms with E-state index in [1.807, 2.05) is 18.2 Å². The second kappa shape index (κ2) is 5.14. The molecule has 84 valence electrons. The molecule has 0 aromatic heterocycles. The van der Waals surface area contributed by atoms with Gasteiger partial charge in [-0.15, -0.1) is 0 Å². The third kappa shape index (κ3) is 2.84. The quantitative estimate of drug-likeness (QED) is 0.772. The third-order valence-corrected chi connectivity index (χ3v) is 3.28. The van der Waals surface area contributed by atoms with Crippen molar-refractivity contribution in [3.63, 3.8) is 0 Å². The first-order valence-corrected chi connectivity index (χ1v) is 5.99. The minimum Gasteiger partial charge on any atom is -0.303 e. The van der Waals surface area contributed by atoms with Crippen molar-refractivity contribution in [2.24, 2.45) is 5.92 Å². The molecule has 1 saturated heterocycles. The highest BCUT2D eigenvalue weighted by molar-refractivity contribution is 5.32. The molecular weight excluding hydrogens is 196 g/mol. The molecule has 0 radical (unpaired) electrons. The molecule has 1 fully saturated rings. The largest absolute Gasteiger partial charge is 0.303 e. The molecule has 0 spiro atoms. The molecule has 0 unspecified atom stereocenters. The topological polar surface area (TPSA) is 27.0 Å². The van der Waals surface area contributed by atoms with Crippen molar-refractivity contribution in [2.75, 3.05) is 19.6 Å². The number of likely N-dealkylation sites (tertiary alicyclic amines) is 1. The van der Waals surface area contributed by atoms with Crippen molar-refractivity contribution < 1.29 is 0 Å². The molecule has 1 aromatic rings. The Morgan fingerprint density at radius 2 is 2.38 bits per heavy atom. The Labute approximate surface area is 97.5 Å². The van der Waals surface area contributed by atoms with Crippen molar-refractivity contribution in [3.8, 4) is 6.07 Å². The molecule has 1 heterocycles. The summed E-state index contributed by atoms with van der Waals surface area (Å²) in [6, 6.07) is 10.1. The average molecular weight is 214 g/mol. The van der Waals surface area contributed by atoms with Gasteiger partial charge < -0.3 is 4.90 Å². The monoisotopic (exact) mass is 214 g/mol. The highest BCUT2D eigenvalue weighted by Gasteiger charge is 2.17. The molecule has 2 heteroatoms. The summed E-state index contributed by atoms with van der Waals surface area (Å²) in [5, 5.41) is 8.82. The molecule has 1 aromatic carbocycles.